The average Bonchev–Trinajstić information content (AvgIpc) is 2.32. The van der Waals surface area contributed by atoms with Crippen molar-refractivity contribution in [1.82, 2.24) is 5.32 Å². The fraction of sp³-hybridized carbons (Fsp3) is 0.538. The summed E-state index contributed by atoms with van der Waals surface area (Å²) in [6.45, 7) is 3.13. The number of aliphatic hydroxyl groups excluding tert-OH is 1. The first-order valence-corrected chi connectivity index (χ1v) is 6.08. The lowest BCUT2D eigenvalue weighted by Gasteiger charge is -2.10. The Hall–Kier alpha value is -0.980. The predicted octanol–water partition coefficient (Wildman–Crippen LogP) is -0.551. The van der Waals surface area contributed by atoms with Crippen molar-refractivity contribution in [2.24, 2.45) is 0 Å². The Kier molecular flexibility index (Phi) is 8.60. The fourth-order valence-corrected chi connectivity index (χ4v) is 1.46. The van der Waals surface area contributed by atoms with Crippen LogP contribution in [0.4, 0.5) is 13.2 Å². The minimum atomic E-state index is -4.35. The van der Waals surface area contributed by atoms with Gasteiger partial charge in [-0.05, 0) is 38.1 Å². The molecule has 0 aliphatic rings. The Morgan fingerprint density at radius 1 is 1.35 bits per heavy atom. The van der Waals surface area contributed by atoms with Crippen LogP contribution in [0.25, 0.3) is 0 Å². The van der Waals surface area contributed by atoms with E-state index >= 15 is 0 Å². The first kappa shape index (κ1) is 19.0. The quantitative estimate of drug-likeness (QED) is 0.664. The molecule has 0 heterocycles. The second-order valence-corrected chi connectivity index (χ2v) is 4.28. The van der Waals surface area contributed by atoms with Gasteiger partial charge in [0.15, 0.2) is 0 Å². The SMILES string of the molecule is CC(O)CNCCCOc1cccc(C(F)(F)F)c1.[Cl-]. The molecule has 0 fully saturated rings. The second-order valence-electron chi connectivity index (χ2n) is 4.28. The lowest BCUT2D eigenvalue weighted by atomic mass is 10.2. The molecule has 7 heteroatoms. The number of hydrogen-bond acceptors (Lipinski definition) is 3. The van der Waals surface area contributed by atoms with Crippen molar-refractivity contribution >= 4 is 0 Å². The first-order chi connectivity index (χ1) is 8.89. The second kappa shape index (κ2) is 9.05. The summed E-state index contributed by atoms with van der Waals surface area (Å²) in [5.74, 6) is 0.213. The van der Waals surface area contributed by atoms with E-state index in [0.717, 1.165) is 12.1 Å². The summed E-state index contributed by atoms with van der Waals surface area (Å²) in [7, 11) is 0. The van der Waals surface area contributed by atoms with E-state index in [1.807, 2.05) is 0 Å². The van der Waals surface area contributed by atoms with Crippen LogP contribution in [0.5, 0.6) is 5.75 Å². The fourth-order valence-electron chi connectivity index (χ4n) is 1.46. The molecule has 0 aromatic heterocycles. The summed E-state index contributed by atoms with van der Waals surface area (Å²) in [5.41, 5.74) is -0.711. The van der Waals surface area contributed by atoms with Gasteiger partial charge in [0.1, 0.15) is 5.75 Å². The number of rotatable bonds is 7. The van der Waals surface area contributed by atoms with Gasteiger partial charge in [-0.2, -0.15) is 13.2 Å². The molecule has 0 aliphatic carbocycles. The zero-order valence-corrected chi connectivity index (χ0v) is 11.8. The lowest BCUT2D eigenvalue weighted by molar-refractivity contribution is -0.137. The number of hydrogen-bond donors (Lipinski definition) is 2. The van der Waals surface area contributed by atoms with E-state index in [1.54, 1.807) is 6.92 Å². The van der Waals surface area contributed by atoms with Gasteiger partial charge in [-0.3, -0.25) is 0 Å². The molecule has 1 atom stereocenters. The number of benzene rings is 1. The molecule has 1 unspecified atom stereocenters. The number of aliphatic hydroxyl groups is 1. The van der Waals surface area contributed by atoms with Gasteiger partial charge < -0.3 is 27.6 Å². The van der Waals surface area contributed by atoms with Crippen LogP contribution in [0, 0.1) is 0 Å². The molecular formula is C13H18ClF3NO2-. The van der Waals surface area contributed by atoms with E-state index < -0.39 is 17.8 Å². The van der Waals surface area contributed by atoms with E-state index in [-0.39, 0.29) is 18.2 Å². The van der Waals surface area contributed by atoms with Crippen LogP contribution in [-0.2, 0) is 6.18 Å². The van der Waals surface area contributed by atoms with Gasteiger partial charge in [0, 0.05) is 6.54 Å². The van der Waals surface area contributed by atoms with E-state index in [0.29, 0.717) is 26.1 Å². The first-order valence-electron chi connectivity index (χ1n) is 6.08. The van der Waals surface area contributed by atoms with E-state index in [4.69, 9.17) is 9.84 Å². The van der Waals surface area contributed by atoms with Crippen LogP contribution >= 0.6 is 0 Å². The molecule has 0 spiro atoms. The molecule has 1 rings (SSSR count). The number of halogens is 4. The van der Waals surface area contributed by atoms with Crippen molar-refractivity contribution in [2.45, 2.75) is 25.6 Å². The van der Waals surface area contributed by atoms with Gasteiger partial charge in [-0.25, -0.2) is 0 Å². The number of ether oxygens (including phenoxy) is 1. The van der Waals surface area contributed by atoms with Crippen LogP contribution in [-0.4, -0.2) is 30.9 Å². The van der Waals surface area contributed by atoms with E-state index in [1.165, 1.54) is 12.1 Å². The molecule has 3 nitrogen and oxygen atoms in total. The molecule has 0 saturated heterocycles. The Balaban J connectivity index is 0.00000361. The van der Waals surface area contributed by atoms with Crippen molar-refractivity contribution in [2.75, 3.05) is 19.7 Å². The molecule has 0 aliphatic heterocycles. The zero-order chi connectivity index (χ0) is 14.3. The van der Waals surface area contributed by atoms with Gasteiger partial charge in [0.05, 0.1) is 18.3 Å². The van der Waals surface area contributed by atoms with Gasteiger partial charge in [-0.15, -0.1) is 0 Å². The van der Waals surface area contributed by atoms with Gasteiger partial charge in [0.2, 0.25) is 0 Å². The molecular weight excluding hydrogens is 295 g/mol. The third-order valence-electron chi connectivity index (χ3n) is 2.37. The zero-order valence-electron chi connectivity index (χ0n) is 11.1. The maximum Gasteiger partial charge on any atom is 0.416 e. The predicted molar refractivity (Wildman–Crippen MR) is 66.1 cm³/mol. The largest absolute Gasteiger partial charge is 1.00 e. The maximum absolute atomic E-state index is 12.4. The van der Waals surface area contributed by atoms with Crippen LogP contribution in [0.3, 0.4) is 0 Å². The molecule has 0 amide bonds. The van der Waals surface area contributed by atoms with Crippen LogP contribution in [0.2, 0.25) is 0 Å². The molecule has 0 radical (unpaired) electrons. The monoisotopic (exact) mass is 312 g/mol. The van der Waals surface area contributed by atoms with Crippen molar-refractivity contribution in [3.05, 3.63) is 29.8 Å². The van der Waals surface area contributed by atoms with Crippen LogP contribution < -0.4 is 22.5 Å². The topological polar surface area (TPSA) is 41.5 Å². The smallest absolute Gasteiger partial charge is 0.416 e. The Morgan fingerprint density at radius 3 is 2.65 bits per heavy atom. The van der Waals surface area contributed by atoms with Gasteiger partial charge >= 0.3 is 6.18 Å². The number of nitrogens with one attached hydrogen (secondary N) is 1. The van der Waals surface area contributed by atoms with Crippen molar-refractivity contribution < 1.29 is 35.4 Å². The minimum Gasteiger partial charge on any atom is -1.00 e. The minimum absolute atomic E-state index is 0. The standard InChI is InChI=1S/C13H18F3NO2.ClH/c1-10(18)9-17-6-3-7-19-12-5-2-4-11(8-12)13(14,15)16;/h2,4-5,8,10,17-18H,3,6-7,9H2,1H3;1H/p-1. The molecule has 1 aromatic carbocycles. The molecule has 2 N–H and O–H groups in total. The Bertz CT molecular complexity index is 386. The number of alkyl halides is 3. The van der Waals surface area contributed by atoms with E-state index in [2.05, 4.69) is 5.32 Å². The summed E-state index contributed by atoms with van der Waals surface area (Å²) in [4.78, 5) is 0. The summed E-state index contributed by atoms with van der Waals surface area (Å²) in [6.07, 6.45) is -4.11. The Labute approximate surface area is 122 Å². The lowest BCUT2D eigenvalue weighted by Crippen LogP contribution is -3.00. The van der Waals surface area contributed by atoms with Crippen molar-refractivity contribution in [3.8, 4) is 5.75 Å². The van der Waals surface area contributed by atoms with Crippen LogP contribution in [0.1, 0.15) is 18.9 Å². The molecule has 1 aromatic rings. The maximum atomic E-state index is 12.4. The third-order valence-corrected chi connectivity index (χ3v) is 2.37. The van der Waals surface area contributed by atoms with Gasteiger partial charge in [-0.1, -0.05) is 6.07 Å². The summed E-state index contributed by atoms with van der Waals surface area (Å²) >= 11 is 0. The highest BCUT2D eigenvalue weighted by Crippen LogP contribution is 2.31. The highest BCUT2D eigenvalue weighted by atomic mass is 35.5. The van der Waals surface area contributed by atoms with E-state index in [9.17, 15) is 13.2 Å². The van der Waals surface area contributed by atoms with Gasteiger partial charge in [0.25, 0.3) is 0 Å². The van der Waals surface area contributed by atoms with Crippen molar-refractivity contribution in [1.29, 1.82) is 0 Å². The Morgan fingerprint density at radius 2 is 2.05 bits per heavy atom. The normalized spacial score (nSPS) is 12.7. The summed E-state index contributed by atoms with van der Waals surface area (Å²) < 4.78 is 42.6. The molecule has 116 valence electrons. The highest BCUT2D eigenvalue weighted by Gasteiger charge is 2.30. The summed E-state index contributed by atoms with van der Waals surface area (Å²) in [5, 5.41) is 12.0. The molecule has 0 saturated carbocycles. The third kappa shape index (κ3) is 7.57. The van der Waals surface area contributed by atoms with Crippen molar-refractivity contribution in [3.63, 3.8) is 0 Å². The molecule has 20 heavy (non-hydrogen) atoms. The highest BCUT2D eigenvalue weighted by molar-refractivity contribution is 5.30. The summed E-state index contributed by atoms with van der Waals surface area (Å²) in [6, 6.07) is 4.82. The van der Waals surface area contributed by atoms with Crippen LogP contribution in [0.15, 0.2) is 24.3 Å². The molecule has 0 bridgehead atoms. The average molecular weight is 313 g/mol.